The summed E-state index contributed by atoms with van der Waals surface area (Å²) in [5.74, 6) is -1.99. The zero-order valence-corrected chi connectivity index (χ0v) is 13.1. The van der Waals surface area contributed by atoms with E-state index in [2.05, 4.69) is 0 Å². The summed E-state index contributed by atoms with van der Waals surface area (Å²) in [4.78, 5) is 22.8. The molecule has 0 aliphatic heterocycles. The Bertz CT molecular complexity index is 901. The number of aromatic carboxylic acids is 1. The highest BCUT2D eigenvalue weighted by Gasteiger charge is 2.22. The van der Waals surface area contributed by atoms with Crippen molar-refractivity contribution in [2.75, 3.05) is 7.11 Å². The Morgan fingerprint density at radius 1 is 1.00 bits per heavy atom. The molecule has 0 amide bonds. The van der Waals surface area contributed by atoms with Gasteiger partial charge in [0.2, 0.25) is 0 Å². The smallest absolute Gasteiger partial charge is 0.344 e. The zero-order valence-electron chi connectivity index (χ0n) is 12.3. The molecule has 126 valence electrons. The Kier molecular flexibility index (Phi) is 4.86. The fourth-order valence-electron chi connectivity index (χ4n) is 1.87. The van der Waals surface area contributed by atoms with Gasteiger partial charge in [-0.1, -0.05) is 6.07 Å². The van der Waals surface area contributed by atoms with E-state index in [1.54, 1.807) is 12.1 Å². The van der Waals surface area contributed by atoms with Crippen LogP contribution >= 0.6 is 0 Å². The number of benzene rings is 2. The van der Waals surface area contributed by atoms with Gasteiger partial charge in [0.1, 0.15) is 11.5 Å². The highest BCUT2D eigenvalue weighted by atomic mass is 32.2. The van der Waals surface area contributed by atoms with Crippen LogP contribution in [-0.2, 0) is 10.1 Å². The van der Waals surface area contributed by atoms with E-state index < -0.39 is 32.5 Å². The van der Waals surface area contributed by atoms with Crippen LogP contribution in [0.2, 0.25) is 0 Å². The number of carbonyl (C=O) groups excluding carboxylic acids is 1. The molecular weight excluding hydrogens is 340 g/mol. The minimum absolute atomic E-state index is 0.120. The van der Waals surface area contributed by atoms with Gasteiger partial charge in [-0.3, -0.25) is 4.55 Å². The summed E-state index contributed by atoms with van der Waals surface area (Å²) in [6.07, 6.45) is 0. The maximum Gasteiger partial charge on any atom is 0.344 e. The van der Waals surface area contributed by atoms with E-state index in [-0.39, 0.29) is 11.3 Å². The topological polar surface area (TPSA) is 127 Å². The van der Waals surface area contributed by atoms with Gasteiger partial charge >= 0.3 is 11.9 Å². The SMILES string of the molecule is COc1cccc(OC(=O)c2ccc(S(=O)(=O)O)cc2C(=O)O)c1. The van der Waals surface area contributed by atoms with Crippen LogP contribution in [0.4, 0.5) is 0 Å². The van der Waals surface area contributed by atoms with Crippen molar-refractivity contribution < 1.29 is 37.1 Å². The number of hydrogen-bond acceptors (Lipinski definition) is 6. The molecule has 8 nitrogen and oxygen atoms in total. The highest BCUT2D eigenvalue weighted by molar-refractivity contribution is 7.85. The lowest BCUT2D eigenvalue weighted by atomic mass is 10.1. The molecule has 0 fully saturated rings. The third kappa shape index (κ3) is 3.89. The maximum atomic E-state index is 12.2. The van der Waals surface area contributed by atoms with Crippen molar-refractivity contribution in [2.24, 2.45) is 0 Å². The predicted molar refractivity (Wildman–Crippen MR) is 81.2 cm³/mol. The van der Waals surface area contributed by atoms with E-state index in [1.165, 1.54) is 19.2 Å². The summed E-state index contributed by atoms with van der Waals surface area (Å²) in [7, 11) is -3.17. The van der Waals surface area contributed by atoms with Crippen LogP contribution in [0.3, 0.4) is 0 Å². The first kappa shape index (κ1) is 17.4. The van der Waals surface area contributed by atoms with E-state index in [4.69, 9.17) is 19.1 Å². The van der Waals surface area contributed by atoms with E-state index in [9.17, 15) is 18.0 Å². The van der Waals surface area contributed by atoms with Crippen LogP contribution < -0.4 is 9.47 Å². The number of carbonyl (C=O) groups is 2. The van der Waals surface area contributed by atoms with Crippen molar-refractivity contribution in [1.29, 1.82) is 0 Å². The molecule has 0 aromatic heterocycles. The summed E-state index contributed by atoms with van der Waals surface area (Å²) in [5.41, 5.74) is -0.976. The molecule has 0 saturated carbocycles. The summed E-state index contributed by atoms with van der Waals surface area (Å²) in [6, 6.07) is 8.62. The molecule has 0 heterocycles. The Morgan fingerprint density at radius 2 is 1.67 bits per heavy atom. The molecule has 0 spiro atoms. The summed E-state index contributed by atoms with van der Waals surface area (Å²) < 4.78 is 41.2. The van der Waals surface area contributed by atoms with Crippen LogP contribution in [0.15, 0.2) is 47.4 Å². The highest BCUT2D eigenvalue weighted by Crippen LogP contribution is 2.22. The largest absolute Gasteiger partial charge is 0.497 e. The minimum atomic E-state index is -4.60. The third-order valence-electron chi connectivity index (χ3n) is 2.99. The standard InChI is InChI=1S/C15H12O8S/c1-22-9-3-2-4-10(7-9)23-15(18)12-6-5-11(24(19,20)21)8-13(12)14(16)17/h2-8H,1H3,(H,16,17)(H,19,20,21). The second-order valence-corrected chi connectivity index (χ2v) is 5.98. The zero-order chi connectivity index (χ0) is 17.9. The Labute approximate surface area is 137 Å². The number of ether oxygens (including phenoxy) is 2. The maximum absolute atomic E-state index is 12.2. The fraction of sp³-hybridized carbons (Fsp3) is 0.0667. The number of carboxylic acids is 1. The Hall–Kier alpha value is -2.91. The molecule has 0 unspecified atom stereocenters. The Balaban J connectivity index is 2.40. The lowest BCUT2D eigenvalue weighted by Crippen LogP contribution is -2.15. The van der Waals surface area contributed by atoms with Crippen LogP contribution in [0.1, 0.15) is 20.7 Å². The van der Waals surface area contributed by atoms with Crippen molar-refractivity contribution in [3.63, 3.8) is 0 Å². The summed E-state index contributed by atoms with van der Waals surface area (Å²) in [5, 5.41) is 9.15. The van der Waals surface area contributed by atoms with Gasteiger partial charge in [-0.15, -0.1) is 0 Å². The van der Waals surface area contributed by atoms with Crippen LogP contribution in [0.5, 0.6) is 11.5 Å². The van der Waals surface area contributed by atoms with Gasteiger partial charge in [-0.2, -0.15) is 8.42 Å². The molecule has 2 rings (SSSR count). The van der Waals surface area contributed by atoms with Crippen molar-refractivity contribution in [3.05, 3.63) is 53.6 Å². The van der Waals surface area contributed by atoms with Crippen molar-refractivity contribution in [1.82, 2.24) is 0 Å². The van der Waals surface area contributed by atoms with Crippen molar-refractivity contribution >= 4 is 22.1 Å². The van der Waals surface area contributed by atoms with Gasteiger partial charge in [0.05, 0.1) is 23.1 Å². The van der Waals surface area contributed by atoms with Crippen LogP contribution in [-0.4, -0.2) is 37.1 Å². The molecule has 24 heavy (non-hydrogen) atoms. The first-order chi connectivity index (χ1) is 11.2. The van der Waals surface area contributed by atoms with E-state index in [0.29, 0.717) is 11.8 Å². The van der Waals surface area contributed by atoms with Gasteiger partial charge < -0.3 is 14.6 Å². The second-order valence-electron chi connectivity index (χ2n) is 4.56. The van der Waals surface area contributed by atoms with E-state index >= 15 is 0 Å². The lowest BCUT2D eigenvalue weighted by Gasteiger charge is -2.09. The molecule has 0 radical (unpaired) electrons. The van der Waals surface area contributed by atoms with Gasteiger partial charge in [0, 0.05) is 6.07 Å². The third-order valence-corrected chi connectivity index (χ3v) is 3.84. The predicted octanol–water partition coefficient (Wildman–Crippen LogP) is 1.86. The molecule has 0 aliphatic rings. The molecule has 0 saturated heterocycles. The molecule has 9 heteroatoms. The molecular formula is C15H12O8S. The monoisotopic (exact) mass is 352 g/mol. The molecule has 0 aliphatic carbocycles. The number of methoxy groups -OCH3 is 1. The molecule has 2 N–H and O–H groups in total. The molecule has 0 bridgehead atoms. The molecule has 2 aromatic rings. The molecule has 2 aromatic carbocycles. The lowest BCUT2D eigenvalue weighted by molar-refractivity contribution is 0.0667. The van der Waals surface area contributed by atoms with Gasteiger partial charge in [0.15, 0.2) is 0 Å². The van der Waals surface area contributed by atoms with Crippen molar-refractivity contribution in [2.45, 2.75) is 4.90 Å². The summed E-state index contributed by atoms with van der Waals surface area (Å²) in [6.45, 7) is 0. The average molecular weight is 352 g/mol. The van der Waals surface area contributed by atoms with Crippen molar-refractivity contribution in [3.8, 4) is 11.5 Å². The van der Waals surface area contributed by atoms with Crippen LogP contribution in [0.25, 0.3) is 0 Å². The fourth-order valence-corrected chi connectivity index (χ4v) is 2.37. The normalized spacial score (nSPS) is 10.9. The minimum Gasteiger partial charge on any atom is -0.497 e. The van der Waals surface area contributed by atoms with Gasteiger partial charge in [-0.25, -0.2) is 9.59 Å². The van der Waals surface area contributed by atoms with E-state index in [0.717, 1.165) is 12.1 Å². The molecule has 0 atom stereocenters. The number of hydrogen-bond donors (Lipinski definition) is 2. The first-order valence-corrected chi connectivity index (χ1v) is 7.87. The number of carboxylic acid groups (broad SMARTS) is 1. The Morgan fingerprint density at radius 3 is 2.25 bits per heavy atom. The first-order valence-electron chi connectivity index (χ1n) is 6.43. The number of rotatable bonds is 5. The van der Waals surface area contributed by atoms with Gasteiger partial charge in [0.25, 0.3) is 10.1 Å². The number of esters is 1. The van der Waals surface area contributed by atoms with E-state index in [1.807, 2.05) is 0 Å². The van der Waals surface area contributed by atoms with Crippen LogP contribution in [0, 0.1) is 0 Å². The quantitative estimate of drug-likeness (QED) is 0.474. The average Bonchev–Trinajstić information content (AvgIpc) is 2.53. The second kappa shape index (κ2) is 6.69. The van der Waals surface area contributed by atoms with Gasteiger partial charge in [-0.05, 0) is 30.3 Å². The summed E-state index contributed by atoms with van der Waals surface area (Å²) >= 11 is 0.